The van der Waals surface area contributed by atoms with Gasteiger partial charge in [-0.05, 0) is 19.1 Å². The minimum atomic E-state index is -0.304. The summed E-state index contributed by atoms with van der Waals surface area (Å²) in [6.45, 7) is 2.77. The minimum absolute atomic E-state index is 0.304. The van der Waals surface area contributed by atoms with Crippen molar-refractivity contribution in [1.29, 1.82) is 0 Å². The number of para-hydroxylation sites is 1. The fourth-order valence-corrected chi connectivity index (χ4v) is 1.59. The number of aromatic nitrogens is 1. The number of halogens is 1. The zero-order valence-corrected chi connectivity index (χ0v) is 9.56. The Bertz CT molecular complexity index is 498. The molecule has 0 fully saturated rings. The van der Waals surface area contributed by atoms with Gasteiger partial charge in [-0.25, -0.2) is 4.39 Å². The van der Waals surface area contributed by atoms with Crippen molar-refractivity contribution in [3.05, 3.63) is 42.0 Å². The maximum absolute atomic E-state index is 13.7. The molecule has 2 rings (SSSR count). The van der Waals surface area contributed by atoms with E-state index < -0.39 is 0 Å². The molecule has 2 aromatic rings. The molecule has 2 N–H and O–H groups in total. The highest BCUT2D eigenvalue weighted by Gasteiger charge is 2.16. The Morgan fingerprint density at radius 2 is 2.18 bits per heavy atom. The highest BCUT2D eigenvalue weighted by molar-refractivity contribution is 5.56. The van der Waals surface area contributed by atoms with Gasteiger partial charge in [0.2, 0.25) is 0 Å². The summed E-state index contributed by atoms with van der Waals surface area (Å²) in [6.07, 6.45) is 1.48. The van der Waals surface area contributed by atoms with E-state index in [-0.39, 0.29) is 5.82 Å². The highest BCUT2D eigenvalue weighted by Crippen LogP contribution is 2.26. The van der Waals surface area contributed by atoms with Gasteiger partial charge in [-0.3, -0.25) is 4.90 Å². The first kappa shape index (κ1) is 11.6. The lowest BCUT2D eigenvalue weighted by Crippen LogP contribution is -2.17. The van der Waals surface area contributed by atoms with Crippen LogP contribution in [-0.2, 0) is 6.54 Å². The maximum atomic E-state index is 13.7. The predicted molar refractivity (Wildman–Crippen MR) is 63.5 cm³/mol. The monoisotopic (exact) mass is 235 g/mol. The van der Waals surface area contributed by atoms with Crippen LogP contribution in [0.2, 0.25) is 0 Å². The molecule has 0 saturated carbocycles. The first-order valence-corrected chi connectivity index (χ1v) is 5.42. The second-order valence-electron chi connectivity index (χ2n) is 3.52. The summed E-state index contributed by atoms with van der Waals surface area (Å²) in [4.78, 5) is 5.85. The van der Waals surface area contributed by atoms with E-state index in [1.54, 1.807) is 23.1 Å². The van der Waals surface area contributed by atoms with Crippen LogP contribution in [0.5, 0.6) is 0 Å². The van der Waals surface area contributed by atoms with E-state index in [9.17, 15) is 4.39 Å². The molecule has 0 aliphatic heterocycles. The fraction of sp³-hybridized carbons (Fsp3) is 0.250. The Morgan fingerprint density at radius 3 is 2.76 bits per heavy atom. The van der Waals surface area contributed by atoms with Crippen molar-refractivity contribution in [1.82, 2.24) is 4.98 Å². The van der Waals surface area contributed by atoms with Gasteiger partial charge in [-0.15, -0.1) is 0 Å². The third kappa shape index (κ3) is 2.29. The average Bonchev–Trinajstić information content (AvgIpc) is 2.81. The van der Waals surface area contributed by atoms with Crippen LogP contribution in [0.4, 0.5) is 16.1 Å². The van der Waals surface area contributed by atoms with E-state index in [1.807, 2.05) is 6.92 Å². The molecular weight excluding hydrogens is 221 g/mol. The molecule has 1 heterocycles. The molecule has 0 radical (unpaired) electrons. The largest absolute Gasteiger partial charge is 0.431 e. The summed E-state index contributed by atoms with van der Waals surface area (Å²) < 4.78 is 19.0. The quantitative estimate of drug-likeness (QED) is 0.884. The van der Waals surface area contributed by atoms with E-state index in [0.29, 0.717) is 30.5 Å². The summed E-state index contributed by atoms with van der Waals surface area (Å²) in [5.74, 6) is -0.304. The van der Waals surface area contributed by atoms with Gasteiger partial charge < -0.3 is 10.2 Å². The van der Waals surface area contributed by atoms with Crippen LogP contribution in [0.1, 0.15) is 12.6 Å². The molecule has 0 bridgehead atoms. The summed E-state index contributed by atoms with van der Waals surface area (Å²) in [5.41, 5.74) is 6.55. The third-order valence-electron chi connectivity index (χ3n) is 2.44. The van der Waals surface area contributed by atoms with Crippen LogP contribution in [0, 0.1) is 5.82 Å². The van der Waals surface area contributed by atoms with Gasteiger partial charge in [0.25, 0.3) is 0 Å². The Labute approximate surface area is 98.9 Å². The van der Waals surface area contributed by atoms with E-state index in [1.165, 1.54) is 12.3 Å². The van der Waals surface area contributed by atoms with Gasteiger partial charge in [0, 0.05) is 13.1 Å². The van der Waals surface area contributed by atoms with Crippen molar-refractivity contribution in [3.63, 3.8) is 0 Å². The highest BCUT2D eigenvalue weighted by atomic mass is 19.1. The first-order chi connectivity index (χ1) is 8.26. The van der Waals surface area contributed by atoms with E-state index in [4.69, 9.17) is 10.2 Å². The summed E-state index contributed by atoms with van der Waals surface area (Å²) in [6, 6.07) is 6.87. The fourth-order valence-electron chi connectivity index (χ4n) is 1.59. The molecule has 0 amide bonds. The van der Waals surface area contributed by atoms with Crippen molar-refractivity contribution in [2.75, 3.05) is 11.4 Å². The van der Waals surface area contributed by atoms with Crippen LogP contribution < -0.4 is 10.6 Å². The summed E-state index contributed by atoms with van der Waals surface area (Å²) >= 11 is 0. The summed E-state index contributed by atoms with van der Waals surface area (Å²) in [7, 11) is 0. The van der Waals surface area contributed by atoms with Gasteiger partial charge in [-0.1, -0.05) is 12.1 Å². The van der Waals surface area contributed by atoms with Crippen LogP contribution in [0.3, 0.4) is 0 Å². The molecule has 0 atom stereocenters. The number of hydrogen-bond donors (Lipinski definition) is 1. The molecule has 0 aliphatic carbocycles. The van der Waals surface area contributed by atoms with Crippen molar-refractivity contribution in [3.8, 4) is 0 Å². The minimum Gasteiger partial charge on any atom is -0.431 e. The zero-order valence-electron chi connectivity index (χ0n) is 9.56. The summed E-state index contributed by atoms with van der Waals surface area (Å²) in [5, 5.41) is 0. The topological polar surface area (TPSA) is 55.3 Å². The van der Waals surface area contributed by atoms with Crippen molar-refractivity contribution >= 4 is 11.7 Å². The Balaban J connectivity index is 2.36. The molecule has 0 aliphatic rings. The first-order valence-electron chi connectivity index (χ1n) is 5.42. The SMILES string of the molecule is CCN(c1nc(CN)co1)c1ccccc1F. The van der Waals surface area contributed by atoms with Crippen molar-refractivity contribution < 1.29 is 8.81 Å². The Kier molecular flexibility index (Phi) is 3.39. The molecule has 1 aromatic heterocycles. The van der Waals surface area contributed by atoms with Gasteiger partial charge >= 0.3 is 6.01 Å². The van der Waals surface area contributed by atoms with Crippen molar-refractivity contribution in [2.24, 2.45) is 5.73 Å². The number of nitrogens with zero attached hydrogens (tertiary/aromatic N) is 2. The number of hydrogen-bond acceptors (Lipinski definition) is 4. The van der Waals surface area contributed by atoms with Crippen molar-refractivity contribution in [2.45, 2.75) is 13.5 Å². The second-order valence-corrected chi connectivity index (χ2v) is 3.52. The van der Waals surface area contributed by atoms with E-state index in [2.05, 4.69) is 4.98 Å². The smallest absolute Gasteiger partial charge is 0.302 e. The lowest BCUT2D eigenvalue weighted by Gasteiger charge is -2.18. The lowest BCUT2D eigenvalue weighted by atomic mass is 10.3. The Morgan fingerprint density at radius 1 is 1.41 bits per heavy atom. The number of oxazole rings is 1. The van der Waals surface area contributed by atoms with Crippen LogP contribution in [0.15, 0.2) is 34.9 Å². The maximum Gasteiger partial charge on any atom is 0.302 e. The van der Waals surface area contributed by atoms with Crippen LogP contribution >= 0.6 is 0 Å². The number of anilines is 2. The number of nitrogens with two attached hydrogens (primary N) is 1. The van der Waals surface area contributed by atoms with Gasteiger partial charge in [-0.2, -0.15) is 4.98 Å². The van der Waals surface area contributed by atoms with Gasteiger partial charge in [0.1, 0.15) is 12.1 Å². The molecule has 5 heteroatoms. The molecule has 0 saturated heterocycles. The Hall–Kier alpha value is -1.88. The normalized spacial score (nSPS) is 10.5. The van der Waals surface area contributed by atoms with Crippen LogP contribution in [-0.4, -0.2) is 11.5 Å². The predicted octanol–water partition coefficient (Wildman–Crippen LogP) is 2.43. The molecule has 1 aromatic carbocycles. The second kappa shape index (κ2) is 4.97. The molecule has 0 spiro atoms. The van der Waals surface area contributed by atoms with E-state index >= 15 is 0 Å². The van der Waals surface area contributed by atoms with Gasteiger partial charge in [0.15, 0.2) is 0 Å². The number of rotatable bonds is 4. The standard InChI is InChI=1S/C12H14FN3O/c1-2-16(11-6-4-3-5-10(11)13)12-15-9(7-14)8-17-12/h3-6,8H,2,7,14H2,1H3. The molecular formula is C12H14FN3O. The molecule has 0 unspecified atom stereocenters. The number of benzene rings is 1. The van der Waals surface area contributed by atoms with E-state index in [0.717, 1.165) is 0 Å². The van der Waals surface area contributed by atoms with Crippen LogP contribution in [0.25, 0.3) is 0 Å². The molecule has 4 nitrogen and oxygen atoms in total. The average molecular weight is 235 g/mol. The zero-order chi connectivity index (χ0) is 12.3. The molecule has 90 valence electrons. The third-order valence-corrected chi connectivity index (χ3v) is 2.44. The molecule has 17 heavy (non-hydrogen) atoms. The van der Waals surface area contributed by atoms with Gasteiger partial charge in [0.05, 0.1) is 11.4 Å². The lowest BCUT2D eigenvalue weighted by molar-refractivity contribution is 0.548.